The van der Waals surface area contributed by atoms with Gasteiger partial charge in [-0.25, -0.2) is 4.98 Å². The Bertz CT molecular complexity index is 688. The van der Waals surface area contributed by atoms with Crippen LogP contribution in [0.1, 0.15) is 17.9 Å². The maximum Gasteiger partial charge on any atom is 0.128 e. The van der Waals surface area contributed by atoms with Crippen molar-refractivity contribution in [3.8, 4) is 0 Å². The van der Waals surface area contributed by atoms with Gasteiger partial charge in [0.2, 0.25) is 0 Å². The summed E-state index contributed by atoms with van der Waals surface area (Å²) in [4.78, 5) is 9.44. The topological polar surface area (TPSA) is 41.7 Å². The first kappa shape index (κ1) is 16.6. The van der Waals surface area contributed by atoms with E-state index in [-0.39, 0.29) is 6.10 Å². The predicted molar refractivity (Wildman–Crippen MR) is 97.6 cm³/mol. The number of fused-ring (bicyclic) bond motifs is 1. The van der Waals surface area contributed by atoms with E-state index in [0.717, 1.165) is 50.1 Å². The molecule has 0 aromatic carbocycles. The summed E-state index contributed by atoms with van der Waals surface area (Å²) in [5.74, 6) is 3.37. The SMILES string of the molecule is Cc1cccc(N2CC[C@@H]3CO[C@@H](CN(C)Cc4ccco4)[C@@H]3C2)n1. The number of nitrogens with zero attached hydrogens (tertiary/aromatic N) is 3. The number of pyridine rings is 1. The van der Waals surface area contributed by atoms with Crippen molar-refractivity contribution in [2.75, 3.05) is 38.2 Å². The van der Waals surface area contributed by atoms with Crippen LogP contribution < -0.4 is 4.90 Å². The molecule has 0 aliphatic carbocycles. The Morgan fingerprint density at radius 1 is 1.28 bits per heavy atom. The Balaban J connectivity index is 1.39. The van der Waals surface area contributed by atoms with Gasteiger partial charge in [0, 0.05) is 31.2 Å². The van der Waals surface area contributed by atoms with Gasteiger partial charge in [-0.05, 0) is 50.6 Å². The number of anilines is 1. The third-order valence-electron chi connectivity index (χ3n) is 5.50. The molecule has 0 saturated carbocycles. The summed E-state index contributed by atoms with van der Waals surface area (Å²) in [6, 6.07) is 10.3. The van der Waals surface area contributed by atoms with Crippen molar-refractivity contribution in [3.63, 3.8) is 0 Å². The van der Waals surface area contributed by atoms with Crippen LogP contribution >= 0.6 is 0 Å². The van der Waals surface area contributed by atoms with Crippen LogP contribution in [0.4, 0.5) is 5.82 Å². The summed E-state index contributed by atoms with van der Waals surface area (Å²) < 4.78 is 11.6. The van der Waals surface area contributed by atoms with Crippen LogP contribution in [0, 0.1) is 18.8 Å². The zero-order chi connectivity index (χ0) is 17.2. The first-order chi connectivity index (χ1) is 12.2. The molecule has 2 aliphatic heterocycles. The van der Waals surface area contributed by atoms with E-state index in [2.05, 4.69) is 42.0 Å². The number of furan rings is 1. The molecule has 2 aromatic rings. The normalized spacial score (nSPS) is 26.2. The van der Waals surface area contributed by atoms with Crippen LogP contribution in [-0.2, 0) is 11.3 Å². The smallest absolute Gasteiger partial charge is 0.128 e. The summed E-state index contributed by atoms with van der Waals surface area (Å²) in [6.07, 6.45) is 3.22. The van der Waals surface area contributed by atoms with Gasteiger partial charge in [0.05, 0.1) is 25.5 Å². The van der Waals surface area contributed by atoms with Gasteiger partial charge in [0.15, 0.2) is 0 Å². The lowest BCUT2D eigenvalue weighted by Gasteiger charge is -2.37. The van der Waals surface area contributed by atoms with Gasteiger partial charge in [-0.1, -0.05) is 6.07 Å². The number of aromatic nitrogens is 1. The molecule has 0 spiro atoms. The molecule has 25 heavy (non-hydrogen) atoms. The molecule has 2 fully saturated rings. The van der Waals surface area contributed by atoms with E-state index in [1.807, 2.05) is 12.1 Å². The molecule has 134 valence electrons. The van der Waals surface area contributed by atoms with E-state index < -0.39 is 0 Å². The van der Waals surface area contributed by atoms with E-state index in [1.165, 1.54) is 6.42 Å². The van der Waals surface area contributed by atoms with Gasteiger partial charge >= 0.3 is 0 Å². The van der Waals surface area contributed by atoms with E-state index in [0.29, 0.717) is 11.8 Å². The molecular weight excluding hydrogens is 314 g/mol. The summed E-state index contributed by atoms with van der Waals surface area (Å²) in [5.41, 5.74) is 1.08. The molecule has 5 heteroatoms. The van der Waals surface area contributed by atoms with Crippen molar-refractivity contribution >= 4 is 5.82 Å². The average Bonchev–Trinajstić information content (AvgIpc) is 3.25. The molecule has 5 nitrogen and oxygen atoms in total. The Morgan fingerprint density at radius 2 is 2.20 bits per heavy atom. The van der Waals surface area contributed by atoms with Crippen molar-refractivity contribution in [2.45, 2.75) is 26.0 Å². The number of hydrogen-bond acceptors (Lipinski definition) is 5. The Morgan fingerprint density at radius 3 is 3.00 bits per heavy atom. The quantitative estimate of drug-likeness (QED) is 0.836. The van der Waals surface area contributed by atoms with Crippen molar-refractivity contribution in [1.82, 2.24) is 9.88 Å². The van der Waals surface area contributed by atoms with Gasteiger partial charge in [-0.2, -0.15) is 0 Å². The highest BCUT2D eigenvalue weighted by atomic mass is 16.5. The highest BCUT2D eigenvalue weighted by Gasteiger charge is 2.41. The van der Waals surface area contributed by atoms with E-state index in [4.69, 9.17) is 14.1 Å². The monoisotopic (exact) mass is 341 g/mol. The molecular formula is C20H27N3O2. The van der Waals surface area contributed by atoms with Gasteiger partial charge in [-0.3, -0.25) is 4.90 Å². The third kappa shape index (κ3) is 3.72. The van der Waals surface area contributed by atoms with Crippen LogP contribution in [0.25, 0.3) is 0 Å². The molecule has 0 bridgehead atoms. The lowest BCUT2D eigenvalue weighted by atomic mass is 9.84. The number of ether oxygens (including phenoxy) is 1. The van der Waals surface area contributed by atoms with Crippen molar-refractivity contribution in [3.05, 3.63) is 48.0 Å². The summed E-state index contributed by atoms with van der Waals surface area (Å²) in [6.45, 7) is 6.85. The zero-order valence-electron chi connectivity index (χ0n) is 15.1. The van der Waals surface area contributed by atoms with E-state index in [1.54, 1.807) is 6.26 Å². The fourth-order valence-corrected chi connectivity index (χ4v) is 4.17. The van der Waals surface area contributed by atoms with Crippen molar-refractivity contribution < 1.29 is 9.15 Å². The van der Waals surface area contributed by atoms with Crippen LogP contribution in [0.5, 0.6) is 0 Å². The van der Waals surface area contributed by atoms with Crippen molar-refractivity contribution in [1.29, 1.82) is 0 Å². The number of rotatable bonds is 5. The zero-order valence-corrected chi connectivity index (χ0v) is 15.1. The molecule has 2 aliphatic rings. The van der Waals surface area contributed by atoms with Crippen LogP contribution in [0.3, 0.4) is 0 Å². The fraction of sp³-hybridized carbons (Fsp3) is 0.550. The Kier molecular flexibility index (Phi) is 4.77. The van der Waals surface area contributed by atoms with Gasteiger partial charge < -0.3 is 14.1 Å². The molecule has 2 saturated heterocycles. The number of hydrogen-bond donors (Lipinski definition) is 0. The lowest BCUT2D eigenvalue weighted by Crippen LogP contribution is -2.45. The number of likely N-dealkylation sites (N-methyl/N-ethyl adjacent to an activating group) is 1. The molecule has 4 rings (SSSR count). The number of aryl methyl sites for hydroxylation is 1. The Hall–Kier alpha value is -1.85. The molecule has 4 heterocycles. The predicted octanol–water partition coefficient (Wildman–Crippen LogP) is 2.96. The maximum absolute atomic E-state index is 6.18. The standard InChI is InChI=1S/C20H27N3O2/c1-15-5-3-7-20(21-15)23-9-8-16-14-25-19(18(16)12-23)13-22(2)11-17-6-4-10-24-17/h3-7,10,16,18-19H,8-9,11-14H2,1-2H3/t16-,18-,19+/m1/s1. The lowest BCUT2D eigenvalue weighted by molar-refractivity contribution is 0.0595. The molecule has 0 unspecified atom stereocenters. The summed E-state index contributed by atoms with van der Waals surface area (Å²) in [7, 11) is 2.14. The van der Waals surface area contributed by atoms with E-state index >= 15 is 0 Å². The molecule has 0 N–H and O–H groups in total. The third-order valence-corrected chi connectivity index (χ3v) is 5.50. The second kappa shape index (κ2) is 7.18. The molecule has 0 radical (unpaired) electrons. The second-order valence-electron chi connectivity index (χ2n) is 7.44. The van der Waals surface area contributed by atoms with Crippen LogP contribution in [-0.4, -0.2) is 49.3 Å². The second-order valence-corrected chi connectivity index (χ2v) is 7.44. The maximum atomic E-state index is 6.18. The van der Waals surface area contributed by atoms with E-state index in [9.17, 15) is 0 Å². The van der Waals surface area contributed by atoms with Gasteiger partial charge in [-0.15, -0.1) is 0 Å². The van der Waals surface area contributed by atoms with Gasteiger partial charge in [0.25, 0.3) is 0 Å². The van der Waals surface area contributed by atoms with Crippen LogP contribution in [0.2, 0.25) is 0 Å². The first-order valence-corrected chi connectivity index (χ1v) is 9.20. The minimum atomic E-state index is 0.289. The fourth-order valence-electron chi connectivity index (χ4n) is 4.17. The Labute approximate surface area is 149 Å². The largest absolute Gasteiger partial charge is 0.468 e. The highest BCUT2D eigenvalue weighted by molar-refractivity contribution is 5.40. The average molecular weight is 341 g/mol. The minimum Gasteiger partial charge on any atom is -0.468 e. The van der Waals surface area contributed by atoms with Crippen LogP contribution in [0.15, 0.2) is 41.0 Å². The first-order valence-electron chi connectivity index (χ1n) is 9.20. The molecule has 0 amide bonds. The summed E-state index contributed by atoms with van der Waals surface area (Å²) >= 11 is 0. The summed E-state index contributed by atoms with van der Waals surface area (Å²) in [5, 5.41) is 0. The minimum absolute atomic E-state index is 0.289. The highest BCUT2D eigenvalue weighted by Crippen LogP contribution is 2.36. The molecule has 3 atom stereocenters. The number of piperidine rings is 1. The van der Waals surface area contributed by atoms with Crippen molar-refractivity contribution in [2.24, 2.45) is 11.8 Å². The van der Waals surface area contributed by atoms with Gasteiger partial charge in [0.1, 0.15) is 11.6 Å². The molecule has 2 aromatic heterocycles.